The van der Waals surface area contributed by atoms with Crippen molar-refractivity contribution in [3.63, 3.8) is 0 Å². The first kappa shape index (κ1) is 14.1. The number of aromatic nitrogens is 2. The molecule has 6 heteroatoms. The molecule has 1 aromatic heterocycles. The predicted molar refractivity (Wildman–Crippen MR) is 81.1 cm³/mol. The second-order valence-electron chi connectivity index (χ2n) is 5.14. The van der Waals surface area contributed by atoms with Crippen LogP contribution in [0.15, 0.2) is 30.3 Å². The average Bonchev–Trinajstić information content (AvgIpc) is 3.24. The van der Waals surface area contributed by atoms with Gasteiger partial charge in [-0.15, -0.1) is 0 Å². The van der Waals surface area contributed by atoms with Crippen LogP contribution in [0.5, 0.6) is 0 Å². The highest BCUT2D eigenvalue weighted by atomic mass is 35.5. The number of carbonyl (C=O) groups excluding carboxylic acids is 1. The lowest BCUT2D eigenvalue weighted by Gasteiger charge is -2.06. The van der Waals surface area contributed by atoms with Gasteiger partial charge < -0.3 is 10.4 Å². The molecule has 1 aliphatic carbocycles. The molecule has 1 fully saturated rings. The number of aliphatic hydroxyl groups is 1. The molecule has 0 saturated heterocycles. The lowest BCUT2D eigenvalue weighted by Crippen LogP contribution is -2.17. The number of benzene rings is 1. The summed E-state index contributed by atoms with van der Waals surface area (Å²) in [6.07, 6.45) is 1.89. The highest BCUT2D eigenvalue weighted by molar-refractivity contribution is 6.30. The summed E-state index contributed by atoms with van der Waals surface area (Å²) in [6, 6.07) is 9.18. The number of nitrogens with zero attached hydrogens (tertiary/aromatic N) is 2. The van der Waals surface area contributed by atoms with Crippen LogP contribution in [-0.2, 0) is 11.3 Å². The summed E-state index contributed by atoms with van der Waals surface area (Å²) in [6.45, 7) is 0.295. The van der Waals surface area contributed by atoms with Crippen molar-refractivity contribution in [2.24, 2.45) is 5.92 Å². The van der Waals surface area contributed by atoms with Gasteiger partial charge in [0.15, 0.2) is 0 Å². The molecule has 0 atom stereocenters. The minimum atomic E-state index is -0.0387. The first-order chi connectivity index (χ1) is 10.2. The number of anilines is 1. The third kappa shape index (κ3) is 3.25. The van der Waals surface area contributed by atoms with E-state index in [1.54, 1.807) is 10.7 Å². The van der Waals surface area contributed by atoms with Crippen LogP contribution < -0.4 is 5.32 Å². The zero-order chi connectivity index (χ0) is 14.8. The van der Waals surface area contributed by atoms with Crippen LogP contribution in [0.2, 0.25) is 5.02 Å². The van der Waals surface area contributed by atoms with E-state index in [0.29, 0.717) is 17.4 Å². The predicted octanol–water partition coefficient (Wildman–Crippen LogP) is 2.54. The van der Waals surface area contributed by atoms with Crippen LogP contribution in [0.1, 0.15) is 12.8 Å². The molecule has 0 aliphatic heterocycles. The fourth-order valence-corrected chi connectivity index (χ4v) is 2.34. The molecule has 0 radical (unpaired) electrons. The van der Waals surface area contributed by atoms with E-state index in [1.165, 1.54) is 0 Å². The van der Waals surface area contributed by atoms with Gasteiger partial charge in [0.1, 0.15) is 5.82 Å². The summed E-state index contributed by atoms with van der Waals surface area (Å²) in [5.74, 6) is 0.750. The lowest BCUT2D eigenvalue weighted by molar-refractivity contribution is -0.117. The van der Waals surface area contributed by atoms with E-state index in [-0.39, 0.29) is 18.4 Å². The Hall–Kier alpha value is -1.85. The number of nitrogens with one attached hydrogen (secondary N) is 1. The zero-order valence-electron chi connectivity index (χ0n) is 11.4. The van der Waals surface area contributed by atoms with Crippen molar-refractivity contribution >= 4 is 23.3 Å². The van der Waals surface area contributed by atoms with Gasteiger partial charge in [0.25, 0.3) is 0 Å². The largest absolute Gasteiger partial charge is 0.394 e. The van der Waals surface area contributed by atoms with E-state index in [9.17, 15) is 4.79 Å². The van der Waals surface area contributed by atoms with Crippen LogP contribution in [0.3, 0.4) is 0 Å². The normalized spacial score (nSPS) is 14.2. The molecular formula is C15H16ClN3O2. The molecule has 0 bridgehead atoms. The van der Waals surface area contributed by atoms with Crippen molar-refractivity contribution in [3.05, 3.63) is 35.4 Å². The minimum absolute atomic E-state index is 0.0201. The molecule has 1 aliphatic rings. The van der Waals surface area contributed by atoms with Crippen molar-refractivity contribution in [2.75, 3.05) is 11.9 Å². The van der Waals surface area contributed by atoms with Crippen molar-refractivity contribution < 1.29 is 9.90 Å². The van der Waals surface area contributed by atoms with Gasteiger partial charge in [0.2, 0.25) is 5.91 Å². The highest BCUT2D eigenvalue weighted by Gasteiger charge is 2.30. The Bertz CT molecular complexity index is 665. The summed E-state index contributed by atoms with van der Waals surface area (Å²) in [7, 11) is 0. The average molecular weight is 306 g/mol. The molecule has 2 aromatic rings. The summed E-state index contributed by atoms with van der Waals surface area (Å²) in [5, 5.41) is 17.1. The van der Waals surface area contributed by atoms with Crippen LogP contribution in [0.25, 0.3) is 11.3 Å². The van der Waals surface area contributed by atoms with Gasteiger partial charge >= 0.3 is 0 Å². The Morgan fingerprint density at radius 2 is 2.24 bits per heavy atom. The molecule has 1 amide bonds. The molecule has 5 nitrogen and oxygen atoms in total. The maximum absolute atomic E-state index is 11.9. The van der Waals surface area contributed by atoms with Crippen molar-refractivity contribution in [1.29, 1.82) is 0 Å². The number of hydrogen-bond acceptors (Lipinski definition) is 3. The van der Waals surface area contributed by atoms with E-state index in [1.807, 2.05) is 24.3 Å². The Balaban J connectivity index is 1.89. The van der Waals surface area contributed by atoms with Gasteiger partial charge in [-0.1, -0.05) is 23.7 Å². The quantitative estimate of drug-likeness (QED) is 0.892. The van der Waals surface area contributed by atoms with Crippen molar-refractivity contribution in [1.82, 2.24) is 9.78 Å². The maximum atomic E-state index is 11.9. The first-order valence-electron chi connectivity index (χ1n) is 6.93. The molecule has 21 heavy (non-hydrogen) atoms. The number of aliphatic hydroxyl groups excluding tert-OH is 1. The lowest BCUT2D eigenvalue weighted by atomic mass is 10.1. The number of hydrogen-bond donors (Lipinski definition) is 2. The fraction of sp³-hybridized carbons (Fsp3) is 0.333. The standard InChI is InChI=1S/C15H16ClN3O2/c16-12-3-1-2-11(8-12)13-9-14(19(18-13)6-7-20)17-15(21)10-4-5-10/h1-3,8-10,20H,4-7H2,(H,17,21). The van der Waals surface area contributed by atoms with E-state index in [4.69, 9.17) is 16.7 Å². The number of halogens is 1. The summed E-state index contributed by atoms with van der Waals surface area (Å²) < 4.78 is 1.61. The SMILES string of the molecule is O=C(Nc1cc(-c2cccc(Cl)c2)nn1CCO)C1CC1. The Morgan fingerprint density at radius 1 is 1.43 bits per heavy atom. The molecule has 3 rings (SSSR count). The molecule has 1 heterocycles. The Morgan fingerprint density at radius 3 is 2.90 bits per heavy atom. The van der Waals surface area contributed by atoms with E-state index in [0.717, 1.165) is 24.1 Å². The van der Waals surface area contributed by atoms with E-state index >= 15 is 0 Å². The van der Waals surface area contributed by atoms with E-state index < -0.39 is 0 Å². The molecule has 1 aromatic carbocycles. The van der Waals surface area contributed by atoms with Gasteiger partial charge in [-0.05, 0) is 25.0 Å². The van der Waals surface area contributed by atoms with Crippen LogP contribution in [0, 0.1) is 5.92 Å². The Labute approximate surface area is 127 Å². The third-order valence-corrected chi connectivity index (χ3v) is 3.65. The van der Waals surface area contributed by atoms with Gasteiger partial charge in [0.05, 0.1) is 18.8 Å². The number of carbonyl (C=O) groups is 1. The van der Waals surface area contributed by atoms with Gasteiger partial charge in [-0.25, -0.2) is 4.68 Å². The Kier molecular flexibility index (Phi) is 3.94. The molecule has 110 valence electrons. The van der Waals surface area contributed by atoms with Crippen LogP contribution in [-0.4, -0.2) is 27.4 Å². The monoisotopic (exact) mass is 305 g/mol. The number of amides is 1. The topological polar surface area (TPSA) is 67.2 Å². The first-order valence-corrected chi connectivity index (χ1v) is 7.30. The van der Waals surface area contributed by atoms with Crippen molar-refractivity contribution in [2.45, 2.75) is 19.4 Å². The molecule has 0 unspecified atom stereocenters. The van der Waals surface area contributed by atoms with Crippen molar-refractivity contribution in [3.8, 4) is 11.3 Å². The number of rotatable bonds is 5. The summed E-state index contributed by atoms with van der Waals surface area (Å²) in [4.78, 5) is 11.9. The second-order valence-corrected chi connectivity index (χ2v) is 5.57. The highest BCUT2D eigenvalue weighted by Crippen LogP contribution is 2.31. The summed E-state index contributed by atoms with van der Waals surface area (Å²) >= 11 is 5.99. The van der Waals surface area contributed by atoms with Gasteiger partial charge in [-0.2, -0.15) is 5.10 Å². The van der Waals surface area contributed by atoms with Gasteiger partial charge in [-0.3, -0.25) is 4.79 Å². The molecule has 0 spiro atoms. The fourth-order valence-electron chi connectivity index (χ4n) is 2.15. The maximum Gasteiger partial charge on any atom is 0.228 e. The van der Waals surface area contributed by atoms with E-state index in [2.05, 4.69) is 10.4 Å². The minimum Gasteiger partial charge on any atom is -0.394 e. The second kappa shape index (κ2) is 5.87. The van der Waals surface area contributed by atoms with Gasteiger partial charge in [0, 0.05) is 22.6 Å². The van der Waals surface area contributed by atoms with Crippen LogP contribution in [0.4, 0.5) is 5.82 Å². The summed E-state index contributed by atoms with van der Waals surface area (Å²) in [5.41, 5.74) is 1.60. The molecular weight excluding hydrogens is 290 g/mol. The van der Waals surface area contributed by atoms with Crippen LogP contribution >= 0.6 is 11.6 Å². The molecule has 2 N–H and O–H groups in total. The smallest absolute Gasteiger partial charge is 0.228 e. The zero-order valence-corrected chi connectivity index (χ0v) is 12.2. The molecule has 1 saturated carbocycles. The third-order valence-electron chi connectivity index (χ3n) is 3.41.